The first kappa shape index (κ1) is 17.2. The second-order valence-corrected chi connectivity index (χ2v) is 7.75. The van der Waals surface area contributed by atoms with Crippen LogP contribution in [0.15, 0.2) is 78.9 Å². The molecule has 0 aliphatic heterocycles. The molecule has 0 saturated heterocycles. The second-order valence-electron chi connectivity index (χ2n) is 7.75. The summed E-state index contributed by atoms with van der Waals surface area (Å²) in [5, 5.41) is 9.23. The molecule has 0 saturated carbocycles. The smallest absolute Gasteiger partial charge is 0.0681 e. The molecule has 3 aromatic rings. The van der Waals surface area contributed by atoms with Crippen LogP contribution in [0.3, 0.4) is 0 Å². The minimum atomic E-state index is 0.0959. The highest BCUT2D eigenvalue weighted by Gasteiger charge is 2.18. The van der Waals surface area contributed by atoms with Gasteiger partial charge in [0.15, 0.2) is 0 Å². The summed E-state index contributed by atoms with van der Waals surface area (Å²) in [5.41, 5.74) is 12.2. The summed E-state index contributed by atoms with van der Waals surface area (Å²) in [7, 11) is 0. The van der Waals surface area contributed by atoms with Crippen LogP contribution in [0, 0.1) is 0 Å². The average Bonchev–Trinajstić information content (AvgIpc) is 3.36. The summed E-state index contributed by atoms with van der Waals surface area (Å²) in [5.74, 6) is 0. The van der Waals surface area contributed by atoms with Crippen LogP contribution < -0.4 is 0 Å². The number of hydrogen-bond donors (Lipinski definition) is 1. The Morgan fingerprint density at radius 1 is 0.643 bits per heavy atom. The van der Waals surface area contributed by atoms with Gasteiger partial charge in [0.05, 0.1) is 6.61 Å². The van der Waals surface area contributed by atoms with E-state index in [1.165, 1.54) is 44.5 Å². The van der Waals surface area contributed by atoms with E-state index >= 15 is 0 Å². The van der Waals surface area contributed by atoms with E-state index in [0.29, 0.717) is 0 Å². The standard InChI is InChI=1S/C27H24O/c28-18-19-5-7-20(8-6-19)24-15-16-27-23(13-14-25(27)17-24)12-11-22-10-9-21-3-1-2-4-26(21)22/h1-8,10,13,15-17,28H,9,11-12,14,18H2. The predicted molar refractivity (Wildman–Crippen MR) is 117 cm³/mol. The van der Waals surface area contributed by atoms with Gasteiger partial charge in [-0.15, -0.1) is 0 Å². The Balaban J connectivity index is 1.31. The number of fused-ring (bicyclic) bond motifs is 2. The second kappa shape index (κ2) is 7.26. The molecule has 0 heterocycles. The third-order valence-electron chi connectivity index (χ3n) is 6.08. The maximum atomic E-state index is 9.23. The van der Waals surface area contributed by atoms with E-state index in [1.807, 2.05) is 12.1 Å². The van der Waals surface area contributed by atoms with Crippen LogP contribution in [0.2, 0.25) is 0 Å². The summed E-state index contributed by atoms with van der Waals surface area (Å²) < 4.78 is 0. The lowest BCUT2D eigenvalue weighted by molar-refractivity contribution is 0.282. The van der Waals surface area contributed by atoms with Gasteiger partial charge in [0.2, 0.25) is 0 Å². The van der Waals surface area contributed by atoms with E-state index in [4.69, 9.17) is 0 Å². The van der Waals surface area contributed by atoms with Crippen LogP contribution in [0.1, 0.15) is 40.7 Å². The predicted octanol–water partition coefficient (Wildman–Crippen LogP) is 6.21. The summed E-state index contributed by atoms with van der Waals surface area (Å²) in [6.07, 6.45) is 9.15. The van der Waals surface area contributed by atoms with E-state index in [2.05, 4.69) is 66.7 Å². The Bertz CT molecular complexity index is 1080. The Kier molecular flexibility index (Phi) is 4.46. The molecule has 0 spiro atoms. The number of hydrogen-bond acceptors (Lipinski definition) is 1. The molecule has 1 nitrogen and oxygen atoms in total. The van der Waals surface area contributed by atoms with E-state index in [9.17, 15) is 5.11 Å². The normalized spacial score (nSPS) is 14.5. The van der Waals surface area contributed by atoms with Crippen molar-refractivity contribution < 1.29 is 5.11 Å². The van der Waals surface area contributed by atoms with E-state index in [-0.39, 0.29) is 6.61 Å². The zero-order valence-corrected chi connectivity index (χ0v) is 16.0. The van der Waals surface area contributed by atoms with Crippen molar-refractivity contribution in [1.29, 1.82) is 0 Å². The van der Waals surface area contributed by atoms with Gasteiger partial charge >= 0.3 is 0 Å². The highest BCUT2D eigenvalue weighted by Crippen LogP contribution is 2.37. The third kappa shape index (κ3) is 3.12. The fourth-order valence-electron chi connectivity index (χ4n) is 4.50. The van der Waals surface area contributed by atoms with Crippen molar-refractivity contribution in [2.24, 2.45) is 0 Å². The first-order valence-corrected chi connectivity index (χ1v) is 10.1. The summed E-state index contributed by atoms with van der Waals surface area (Å²) in [4.78, 5) is 0. The molecule has 1 N–H and O–H groups in total. The summed E-state index contributed by atoms with van der Waals surface area (Å²) in [6.45, 7) is 0.0959. The van der Waals surface area contributed by atoms with Crippen molar-refractivity contribution in [2.75, 3.05) is 0 Å². The van der Waals surface area contributed by atoms with Crippen LogP contribution in [-0.4, -0.2) is 5.11 Å². The average molecular weight is 364 g/mol. The van der Waals surface area contributed by atoms with Crippen LogP contribution in [0.4, 0.5) is 0 Å². The molecular weight excluding hydrogens is 340 g/mol. The Morgan fingerprint density at radius 3 is 2.04 bits per heavy atom. The van der Waals surface area contributed by atoms with E-state index < -0.39 is 0 Å². The van der Waals surface area contributed by atoms with Crippen molar-refractivity contribution in [3.05, 3.63) is 107 Å². The number of allylic oxidation sites excluding steroid dienone is 4. The number of aliphatic hydroxyl groups excluding tert-OH is 1. The van der Waals surface area contributed by atoms with Crippen molar-refractivity contribution in [3.63, 3.8) is 0 Å². The fraction of sp³-hybridized carbons (Fsp3) is 0.185. The lowest BCUT2D eigenvalue weighted by atomic mass is 9.94. The highest BCUT2D eigenvalue weighted by atomic mass is 16.3. The molecule has 0 atom stereocenters. The molecule has 5 rings (SSSR count). The van der Waals surface area contributed by atoms with Crippen LogP contribution in [-0.2, 0) is 19.4 Å². The van der Waals surface area contributed by atoms with Gasteiger partial charge < -0.3 is 5.11 Å². The summed E-state index contributed by atoms with van der Waals surface area (Å²) >= 11 is 0. The van der Waals surface area contributed by atoms with Gasteiger partial charge in [0.25, 0.3) is 0 Å². The number of rotatable bonds is 5. The van der Waals surface area contributed by atoms with Gasteiger partial charge in [-0.05, 0) is 75.8 Å². The minimum Gasteiger partial charge on any atom is -0.392 e. The topological polar surface area (TPSA) is 20.2 Å². The lowest BCUT2D eigenvalue weighted by Crippen LogP contribution is -1.89. The first-order chi connectivity index (χ1) is 13.8. The molecule has 0 amide bonds. The Morgan fingerprint density at radius 2 is 1.29 bits per heavy atom. The van der Waals surface area contributed by atoms with Gasteiger partial charge in [0.1, 0.15) is 0 Å². The van der Waals surface area contributed by atoms with Crippen molar-refractivity contribution in [1.82, 2.24) is 0 Å². The fourth-order valence-corrected chi connectivity index (χ4v) is 4.50. The van der Waals surface area contributed by atoms with Crippen LogP contribution in [0.5, 0.6) is 0 Å². The number of aliphatic hydroxyl groups is 1. The molecule has 28 heavy (non-hydrogen) atoms. The molecule has 2 aliphatic rings. The van der Waals surface area contributed by atoms with Gasteiger partial charge in [0, 0.05) is 0 Å². The highest BCUT2D eigenvalue weighted by molar-refractivity contribution is 5.79. The SMILES string of the molecule is OCc1ccc(-c2ccc3c(c2)CC=C3CCC2=CCc3ccccc32)cc1. The molecule has 0 radical (unpaired) electrons. The zero-order chi connectivity index (χ0) is 18.9. The quantitative estimate of drug-likeness (QED) is 0.571. The first-order valence-electron chi connectivity index (χ1n) is 10.1. The summed E-state index contributed by atoms with van der Waals surface area (Å²) in [6, 6.07) is 23.8. The molecule has 0 aromatic heterocycles. The molecule has 0 fully saturated rings. The minimum absolute atomic E-state index is 0.0959. The van der Waals surface area contributed by atoms with E-state index in [1.54, 1.807) is 0 Å². The molecule has 1 heteroatoms. The van der Waals surface area contributed by atoms with E-state index in [0.717, 1.165) is 31.2 Å². The van der Waals surface area contributed by atoms with Crippen molar-refractivity contribution in [2.45, 2.75) is 32.3 Å². The molecule has 2 aliphatic carbocycles. The monoisotopic (exact) mass is 364 g/mol. The molecular formula is C27H24O. The third-order valence-corrected chi connectivity index (χ3v) is 6.08. The zero-order valence-electron chi connectivity index (χ0n) is 16.0. The Labute approximate surface area is 166 Å². The molecule has 0 bridgehead atoms. The van der Waals surface area contributed by atoms with Gasteiger partial charge in [-0.2, -0.15) is 0 Å². The van der Waals surface area contributed by atoms with Gasteiger partial charge in [-0.3, -0.25) is 0 Å². The Hall–Kier alpha value is -2.90. The van der Waals surface area contributed by atoms with Crippen molar-refractivity contribution >= 4 is 11.1 Å². The molecule has 3 aromatic carbocycles. The van der Waals surface area contributed by atoms with Crippen molar-refractivity contribution in [3.8, 4) is 11.1 Å². The van der Waals surface area contributed by atoms with Crippen LogP contribution in [0.25, 0.3) is 22.3 Å². The largest absolute Gasteiger partial charge is 0.392 e. The van der Waals surface area contributed by atoms with Crippen LogP contribution >= 0.6 is 0 Å². The lowest BCUT2D eigenvalue weighted by Gasteiger charge is -2.10. The number of benzene rings is 3. The maximum absolute atomic E-state index is 9.23. The maximum Gasteiger partial charge on any atom is 0.0681 e. The molecule has 138 valence electrons. The van der Waals surface area contributed by atoms with Gasteiger partial charge in [-0.1, -0.05) is 78.9 Å². The molecule has 0 unspecified atom stereocenters. The van der Waals surface area contributed by atoms with Gasteiger partial charge in [-0.25, -0.2) is 0 Å².